The summed E-state index contributed by atoms with van der Waals surface area (Å²) in [7, 11) is 1.66. The zero-order valence-corrected chi connectivity index (χ0v) is 13.8. The maximum absolute atomic E-state index is 5.18. The Morgan fingerprint density at radius 3 is 2.56 bits per heavy atom. The van der Waals surface area contributed by atoms with Crippen LogP contribution in [0.2, 0.25) is 0 Å². The minimum Gasteiger partial charge on any atom is -0.497 e. The smallest absolute Gasteiger partial charge is 0.203 e. The number of methoxy groups -OCH3 is 1. The van der Waals surface area contributed by atoms with Crippen LogP contribution in [0.3, 0.4) is 0 Å². The van der Waals surface area contributed by atoms with Crippen LogP contribution in [0.1, 0.15) is 5.56 Å². The van der Waals surface area contributed by atoms with Crippen molar-refractivity contribution in [3.63, 3.8) is 0 Å². The maximum atomic E-state index is 5.18. The predicted molar refractivity (Wildman–Crippen MR) is 96.5 cm³/mol. The molecule has 6 heteroatoms. The molecule has 2 aromatic heterocycles. The number of benzene rings is 2. The van der Waals surface area contributed by atoms with Crippen molar-refractivity contribution >= 4 is 11.5 Å². The van der Waals surface area contributed by atoms with E-state index >= 15 is 0 Å². The first kappa shape index (κ1) is 15.1. The lowest BCUT2D eigenvalue weighted by Gasteiger charge is -2.07. The van der Waals surface area contributed by atoms with E-state index in [1.807, 2.05) is 65.2 Å². The van der Waals surface area contributed by atoms with Crippen LogP contribution in [0.15, 0.2) is 67.0 Å². The molecule has 1 N–H and O–H groups in total. The molecule has 0 amide bonds. The Morgan fingerprint density at radius 1 is 1.00 bits per heavy atom. The molecule has 6 nitrogen and oxygen atoms in total. The molecular weight excluding hydrogens is 314 g/mol. The number of hydrogen-bond acceptors (Lipinski definition) is 5. The third-order valence-corrected chi connectivity index (χ3v) is 3.98. The van der Waals surface area contributed by atoms with Gasteiger partial charge >= 0.3 is 0 Å². The van der Waals surface area contributed by atoms with Gasteiger partial charge in [0.2, 0.25) is 5.65 Å². The van der Waals surface area contributed by atoms with E-state index < -0.39 is 0 Å². The summed E-state index contributed by atoms with van der Waals surface area (Å²) in [6, 6.07) is 17.9. The molecule has 2 heterocycles. The summed E-state index contributed by atoms with van der Waals surface area (Å²) in [5.41, 5.74) is 2.85. The van der Waals surface area contributed by atoms with Crippen molar-refractivity contribution in [3.8, 4) is 17.1 Å². The first-order valence-electron chi connectivity index (χ1n) is 7.97. The molecular formula is C19H17N5O. The van der Waals surface area contributed by atoms with Crippen LogP contribution < -0.4 is 10.1 Å². The highest BCUT2D eigenvalue weighted by Crippen LogP contribution is 2.21. The number of ether oxygens (including phenoxy) is 1. The van der Waals surface area contributed by atoms with Crippen molar-refractivity contribution in [2.75, 3.05) is 12.4 Å². The van der Waals surface area contributed by atoms with Gasteiger partial charge in [-0.25, -0.2) is 4.98 Å². The fourth-order valence-electron chi connectivity index (χ4n) is 2.66. The summed E-state index contributed by atoms with van der Waals surface area (Å²) >= 11 is 0. The molecule has 0 radical (unpaired) electrons. The summed E-state index contributed by atoms with van der Waals surface area (Å²) in [6.07, 6.45) is 3.62. The summed E-state index contributed by atoms with van der Waals surface area (Å²) in [6.45, 7) is 0.643. The summed E-state index contributed by atoms with van der Waals surface area (Å²) in [4.78, 5) is 4.40. The Labute approximate surface area is 145 Å². The first-order chi connectivity index (χ1) is 12.3. The minimum absolute atomic E-state index is 0.643. The summed E-state index contributed by atoms with van der Waals surface area (Å²) in [5.74, 6) is 2.34. The van der Waals surface area contributed by atoms with Crippen molar-refractivity contribution in [3.05, 3.63) is 72.6 Å². The third kappa shape index (κ3) is 3.01. The highest BCUT2D eigenvalue weighted by Gasteiger charge is 2.11. The second-order valence-corrected chi connectivity index (χ2v) is 5.56. The van der Waals surface area contributed by atoms with Crippen LogP contribution in [-0.4, -0.2) is 26.7 Å². The number of aromatic nitrogens is 4. The Hall–Kier alpha value is -3.41. The molecule has 4 rings (SSSR count). The summed E-state index contributed by atoms with van der Waals surface area (Å²) in [5, 5.41) is 12.0. The standard InChI is InChI=1S/C19H17N5O/c1-25-16-9-7-14(8-10-16)13-21-17-19-23-22-18(24(19)12-11-20-17)15-5-3-2-4-6-15/h2-12H,13H2,1H3,(H,20,21). The maximum Gasteiger partial charge on any atom is 0.203 e. The third-order valence-electron chi connectivity index (χ3n) is 3.98. The number of nitrogens with one attached hydrogen (secondary N) is 1. The number of rotatable bonds is 5. The fraction of sp³-hybridized carbons (Fsp3) is 0.105. The van der Waals surface area contributed by atoms with Crippen LogP contribution in [0, 0.1) is 0 Å². The Morgan fingerprint density at radius 2 is 1.80 bits per heavy atom. The van der Waals surface area contributed by atoms with Crippen molar-refractivity contribution in [2.24, 2.45) is 0 Å². The predicted octanol–water partition coefficient (Wildman–Crippen LogP) is 3.41. The number of fused-ring (bicyclic) bond motifs is 1. The molecule has 0 aliphatic rings. The molecule has 2 aromatic carbocycles. The van der Waals surface area contributed by atoms with Crippen LogP contribution >= 0.6 is 0 Å². The van der Waals surface area contributed by atoms with E-state index in [0.29, 0.717) is 18.0 Å². The molecule has 0 unspecified atom stereocenters. The van der Waals surface area contributed by atoms with Gasteiger partial charge in [0.15, 0.2) is 11.6 Å². The Kier molecular flexibility index (Phi) is 4.00. The van der Waals surface area contributed by atoms with Crippen LogP contribution in [0.25, 0.3) is 17.0 Å². The van der Waals surface area contributed by atoms with Gasteiger partial charge in [-0.2, -0.15) is 0 Å². The van der Waals surface area contributed by atoms with Gasteiger partial charge in [-0.05, 0) is 17.7 Å². The van der Waals surface area contributed by atoms with Crippen molar-refractivity contribution < 1.29 is 4.74 Å². The van der Waals surface area contributed by atoms with E-state index in [4.69, 9.17) is 4.74 Å². The van der Waals surface area contributed by atoms with E-state index in [1.54, 1.807) is 13.3 Å². The molecule has 4 aromatic rings. The van der Waals surface area contributed by atoms with Gasteiger partial charge in [0.1, 0.15) is 5.75 Å². The Balaban J connectivity index is 1.61. The van der Waals surface area contributed by atoms with E-state index in [-0.39, 0.29) is 0 Å². The van der Waals surface area contributed by atoms with E-state index in [0.717, 1.165) is 22.7 Å². The molecule has 0 fully saturated rings. The Bertz CT molecular complexity index is 980. The molecule has 0 aliphatic heterocycles. The molecule has 25 heavy (non-hydrogen) atoms. The van der Waals surface area contributed by atoms with E-state index in [2.05, 4.69) is 20.5 Å². The topological polar surface area (TPSA) is 64.3 Å². The van der Waals surface area contributed by atoms with Crippen molar-refractivity contribution in [1.82, 2.24) is 19.6 Å². The van der Waals surface area contributed by atoms with E-state index in [9.17, 15) is 0 Å². The lowest BCUT2D eigenvalue weighted by Crippen LogP contribution is -2.04. The van der Waals surface area contributed by atoms with Gasteiger partial charge in [-0.1, -0.05) is 42.5 Å². The first-order valence-corrected chi connectivity index (χ1v) is 7.97. The van der Waals surface area contributed by atoms with Gasteiger partial charge < -0.3 is 10.1 Å². The van der Waals surface area contributed by atoms with E-state index in [1.165, 1.54) is 0 Å². The van der Waals surface area contributed by atoms with Crippen molar-refractivity contribution in [1.29, 1.82) is 0 Å². The van der Waals surface area contributed by atoms with Gasteiger partial charge in [0, 0.05) is 24.5 Å². The highest BCUT2D eigenvalue weighted by atomic mass is 16.5. The average Bonchev–Trinajstić information content (AvgIpc) is 3.12. The number of anilines is 1. The molecule has 0 atom stereocenters. The zero-order valence-electron chi connectivity index (χ0n) is 13.8. The minimum atomic E-state index is 0.643. The normalized spacial score (nSPS) is 10.8. The largest absolute Gasteiger partial charge is 0.497 e. The average molecular weight is 331 g/mol. The zero-order chi connectivity index (χ0) is 17.1. The second-order valence-electron chi connectivity index (χ2n) is 5.56. The van der Waals surface area contributed by atoms with Crippen LogP contribution in [0.4, 0.5) is 5.82 Å². The van der Waals surface area contributed by atoms with Crippen LogP contribution in [-0.2, 0) is 6.54 Å². The molecule has 0 saturated carbocycles. The molecule has 0 bridgehead atoms. The summed E-state index contributed by atoms with van der Waals surface area (Å²) < 4.78 is 7.12. The number of nitrogens with zero attached hydrogens (tertiary/aromatic N) is 4. The molecule has 124 valence electrons. The monoisotopic (exact) mass is 331 g/mol. The van der Waals surface area contributed by atoms with Gasteiger partial charge in [0.05, 0.1) is 7.11 Å². The SMILES string of the molecule is COc1ccc(CNc2nccn3c(-c4ccccc4)nnc23)cc1. The highest BCUT2D eigenvalue weighted by molar-refractivity contribution is 5.67. The second kappa shape index (κ2) is 6.60. The van der Waals surface area contributed by atoms with Crippen molar-refractivity contribution in [2.45, 2.75) is 6.54 Å². The molecule has 0 aliphatic carbocycles. The lowest BCUT2D eigenvalue weighted by atomic mass is 10.2. The quantitative estimate of drug-likeness (QED) is 0.607. The lowest BCUT2D eigenvalue weighted by molar-refractivity contribution is 0.414. The number of hydrogen-bond donors (Lipinski definition) is 1. The van der Waals surface area contributed by atoms with Crippen LogP contribution in [0.5, 0.6) is 5.75 Å². The molecule has 0 spiro atoms. The molecule has 0 saturated heterocycles. The van der Waals surface area contributed by atoms with Gasteiger partial charge in [-0.15, -0.1) is 10.2 Å². The van der Waals surface area contributed by atoms with Gasteiger partial charge in [0.25, 0.3) is 0 Å². The fourth-order valence-corrected chi connectivity index (χ4v) is 2.66. The van der Waals surface area contributed by atoms with Gasteiger partial charge in [-0.3, -0.25) is 4.40 Å².